The van der Waals surface area contributed by atoms with E-state index in [1.807, 2.05) is 0 Å². The summed E-state index contributed by atoms with van der Waals surface area (Å²) in [6.07, 6.45) is -66.3. The molecule has 0 aliphatic rings. The van der Waals surface area contributed by atoms with Gasteiger partial charge in [-0.2, -0.15) is 111 Å². The third-order valence-corrected chi connectivity index (χ3v) is 7.91. The third kappa shape index (κ3) is 14.6. The third-order valence-electron chi connectivity index (χ3n) is 6.72. The Hall–Kier alpha value is -0.0436. The van der Waals surface area contributed by atoms with Gasteiger partial charge in [0.25, 0.3) is 11.3 Å². The summed E-state index contributed by atoms with van der Waals surface area (Å²) in [6, 6.07) is 0. The van der Waals surface area contributed by atoms with Crippen LogP contribution in [0.4, 0.5) is 123 Å². The van der Waals surface area contributed by atoms with Crippen molar-refractivity contribution in [2.24, 2.45) is 11.8 Å². The number of thioether (sulfide) groups is 1. The number of thiocyanates is 2. The van der Waals surface area contributed by atoms with Crippen molar-refractivity contribution in [3.05, 3.63) is 0 Å². The predicted molar refractivity (Wildman–Crippen MR) is 139 cm³/mol. The molecule has 0 rings (SSSR count). The van der Waals surface area contributed by atoms with Crippen LogP contribution in [0.25, 0.3) is 0 Å². The van der Waals surface area contributed by atoms with E-state index in [1.54, 1.807) is 0 Å². The molecule has 0 spiro atoms. The molecule has 0 aromatic rings. The van der Waals surface area contributed by atoms with Gasteiger partial charge in [0.2, 0.25) is 0 Å². The number of nitriles is 2. The minimum absolute atomic E-state index is 0. The monoisotopic (exact) mass is 1070 g/mol. The van der Waals surface area contributed by atoms with E-state index in [9.17, 15) is 123 Å². The van der Waals surface area contributed by atoms with Gasteiger partial charge in [0.05, 0.1) is 0 Å². The topological polar surface area (TPSA) is 47.6 Å². The molecule has 0 aliphatic carbocycles. The van der Waals surface area contributed by atoms with Gasteiger partial charge in [0, 0.05) is 30.4 Å². The first-order chi connectivity index (χ1) is 23.7. The molecule has 0 aliphatic heterocycles. The first-order valence-corrected chi connectivity index (χ1v) is 15.5. The van der Waals surface area contributed by atoms with Gasteiger partial charge in [0.15, 0.2) is 0 Å². The van der Waals surface area contributed by atoms with Crippen molar-refractivity contribution in [1.29, 1.82) is 10.5 Å². The second kappa shape index (κ2) is 21.2. The number of halogens is 29. The Morgan fingerprint density at radius 2 is 0.661 bits per heavy atom. The summed E-state index contributed by atoms with van der Waals surface area (Å²) in [5, 5.41) is 17.7. The van der Waals surface area contributed by atoms with Gasteiger partial charge in [-0.1, -0.05) is 28.0 Å². The minimum atomic E-state index is -7.01. The first kappa shape index (κ1) is 62.6. The Balaban J connectivity index is -0.000000444. The van der Waals surface area contributed by atoms with E-state index in [0.717, 1.165) is 28.0 Å². The molecule has 0 aromatic carbocycles. The largest absolute Gasteiger partial charge is 1.00 e. The van der Waals surface area contributed by atoms with Crippen LogP contribution in [0.5, 0.6) is 0 Å². The fourth-order valence-electron chi connectivity index (χ4n) is 3.97. The molecule has 0 N–H and O–H groups in total. The van der Waals surface area contributed by atoms with Crippen LogP contribution in [0.15, 0.2) is 0 Å². The van der Waals surface area contributed by atoms with Crippen LogP contribution in [0.2, 0.25) is 0 Å². The SMILES string of the molecule is FC(F)(F)C(F)(CC(CCI)C(F)(C(F)(F)F)C(F)(F)F)C(F)(F)F.N#CSCCC(CC(F)(C(F)(F)F)C(F)(F)F)C(F)(C(F)(F)F)C(F)(F)F.N#C[S-].[K+]. The van der Waals surface area contributed by atoms with Crippen LogP contribution in [0.1, 0.15) is 25.7 Å². The summed E-state index contributed by atoms with van der Waals surface area (Å²) in [5.41, 5.74) is -26.0. The summed E-state index contributed by atoms with van der Waals surface area (Å²) < 4.78 is 355. The molecule has 0 saturated heterocycles. The molecular formula is C22H14F28IKN2S2. The maximum atomic E-state index is 14.0. The average molecular weight is 1070 g/mol. The summed E-state index contributed by atoms with van der Waals surface area (Å²) in [4.78, 5) is 0. The van der Waals surface area contributed by atoms with Crippen molar-refractivity contribution in [3.8, 4) is 10.8 Å². The molecule has 0 bridgehead atoms. The summed E-state index contributed by atoms with van der Waals surface area (Å²) in [6.45, 7) is 0. The quantitative estimate of drug-likeness (QED) is 0.0394. The smallest absolute Gasteiger partial charge is 0.696 e. The van der Waals surface area contributed by atoms with E-state index in [0.29, 0.717) is 0 Å². The predicted octanol–water partition coefficient (Wildman–Crippen LogP) is 9.76. The molecule has 56 heavy (non-hydrogen) atoms. The van der Waals surface area contributed by atoms with Crippen LogP contribution in [0.3, 0.4) is 0 Å². The van der Waals surface area contributed by atoms with Gasteiger partial charge in [-0.3, -0.25) is 0 Å². The molecule has 0 fully saturated rings. The molecule has 0 saturated carbocycles. The van der Waals surface area contributed by atoms with Crippen molar-refractivity contribution in [3.63, 3.8) is 0 Å². The van der Waals surface area contributed by atoms with Gasteiger partial charge in [-0.25, -0.2) is 22.8 Å². The second-order valence-electron chi connectivity index (χ2n) is 10.1. The van der Waals surface area contributed by atoms with Crippen LogP contribution >= 0.6 is 34.4 Å². The zero-order valence-corrected chi connectivity index (χ0v) is 33.0. The van der Waals surface area contributed by atoms with Crippen molar-refractivity contribution in [1.82, 2.24) is 0 Å². The first-order valence-electron chi connectivity index (χ1n) is 12.6. The van der Waals surface area contributed by atoms with Crippen LogP contribution in [0, 0.1) is 33.2 Å². The van der Waals surface area contributed by atoms with Gasteiger partial charge >= 0.3 is 112 Å². The molecule has 0 radical (unpaired) electrons. The van der Waals surface area contributed by atoms with E-state index in [2.05, 4.69) is 12.6 Å². The summed E-state index contributed by atoms with van der Waals surface area (Å²) >= 11 is 4.54. The zero-order valence-electron chi connectivity index (χ0n) is 26.1. The van der Waals surface area contributed by atoms with Gasteiger partial charge in [-0.15, -0.1) is 0 Å². The van der Waals surface area contributed by atoms with Gasteiger partial charge in [-0.05, 0) is 29.0 Å². The Kier molecular flexibility index (Phi) is 23.7. The van der Waals surface area contributed by atoms with Crippen LogP contribution in [-0.4, -0.2) is 82.3 Å². The maximum absolute atomic E-state index is 14.0. The molecule has 2 nitrogen and oxygen atoms in total. The molecule has 328 valence electrons. The van der Waals surface area contributed by atoms with Crippen molar-refractivity contribution < 1.29 is 174 Å². The number of hydrogen-bond donors (Lipinski definition) is 0. The Morgan fingerprint density at radius 3 is 0.821 bits per heavy atom. The maximum Gasteiger partial charge on any atom is 1.00 e. The van der Waals surface area contributed by atoms with Crippen molar-refractivity contribution in [2.75, 3.05) is 10.2 Å². The molecule has 2 unspecified atom stereocenters. The standard InChI is InChI=1S/C11H7F14NS.C10H7F14I.CHNS.K/c12-6(8(14,15)16,9(17,18)19)3-5(1-2-27-4-26)7(13,10(20,21)22)11(23,24)25;11-5(7(13,14)15,8(16,17)18)3-4(1-2-25)6(12,9(19,20)21)10(22,23)24;2-1-3;/h5H,1-3H2;4H,1-3H2;3H;/q;;;+1/p-1. The molecule has 0 aromatic heterocycles. The summed E-state index contributed by atoms with van der Waals surface area (Å²) in [5.74, 6) is -9.41. The van der Waals surface area contributed by atoms with E-state index >= 15 is 0 Å². The van der Waals surface area contributed by atoms with Gasteiger partial charge in [0.1, 0.15) is 5.40 Å². The summed E-state index contributed by atoms with van der Waals surface area (Å²) in [7, 11) is 0. The van der Waals surface area contributed by atoms with Gasteiger partial charge < -0.3 is 12.6 Å². The fraction of sp³-hybridized carbons (Fsp3) is 0.909. The number of hydrogen-bond acceptors (Lipinski definition) is 4. The van der Waals surface area contributed by atoms with Crippen LogP contribution in [-0.2, 0) is 12.6 Å². The average Bonchev–Trinajstić information content (AvgIpc) is 2.91. The fourth-order valence-corrected chi connectivity index (χ4v) is 5.22. The van der Waals surface area contributed by atoms with Crippen molar-refractivity contribution in [2.45, 2.75) is 97.8 Å². The van der Waals surface area contributed by atoms with E-state index in [4.69, 9.17) is 10.5 Å². The normalized spacial score (nSPS) is 15.5. The Morgan fingerprint density at radius 1 is 0.446 bits per heavy atom. The van der Waals surface area contributed by atoms with E-state index in [1.165, 1.54) is 5.40 Å². The van der Waals surface area contributed by atoms with Crippen LogP contribution < -0.4 is 51.4 Å². The second-order valence-corrected chi connectivity index (χ2v) is 12.2. The number of alkyl halides is 29. The molecule has 2 atom stereocenters. The van der Waals surface area contributed by atoms with Crippen molar-refractivity contribution >= 4 is 47.0 Å². The molecule has 0 heterocycles. The zero-order chi connectivity index (χ0) is 45.5. The minimum Gasteiger partial charge on any atom is -0.696 e. The number of rotatable bonds is 11. The number of nitrogens with zero attached hydrogens (tertiary/aromatic N) is 2. The molecular weight excluding hydrogens is 1050 g/mol. The molecule has 0 amide bonds. The van der Waals surface area contributed by atoms with E-state index in [-0.39, 0.29) is 63.1 Å². The molecule has 34 heteroatoms. The Labute approximate surface area is 359 Å². The Bertz CT molecular complexity index is 1210. The van der Waals surface area contributed by atoms with E-state index < -0.39 is 120 Å².